The highest BCUT2D eigenvalue weighted by atomic mass is 35.5. The predicted molar refractivity (Wildman–Crippen MR) is 168 cm³/mol. The molecule has 0 bridgehead atoms. The molecule has 0 fully saturated rings. The lowest BCUT2D eigenvalue weighted by Crippen LogP contribution is -2.40. The van der Waals surface area contributed by atoms with Gasteiger partial charge in [-0.2, -0.15) is 10.2 Å². The van der Waals surface area contributed by atoms with Crippen LogP contribution in [-0.4, -0.2) is 34.8 Å². The molecule has 10 heteroatoms. The summed E-state index contributed by atoms with van der Waals surface area (Å²) in [6, 6.07) is 30.6. The molecule has 1 amide bonds. The van der Waals surface area contributed by atoms with Crippen LogP contribution in [0.15, 0.2) is 114 Å². The molecule has 218 valence electrons. The Morgan fingerprint density at radius 2 is 1.44 bits per heavy atom. The quantitative estimate of drug-likeness (QED) is 0.0889. The summed E-state index contributed by atoms with van der Waals surface area (Å²) in [5, 5.41) is 10.1. The number of halogens is 2. The second-order valence-electron chi connectivity index (χ2n) is 9.30. The van der Waals surface area contributed by atoms with E-state index >= 15 is 0 Å². The predicted octanol–water partition coefficient (Wildman–Crippen LogP) is 7.57. The van der Waals surface area contributed by atoms with Crippen LogP contribution in [0.3, 0.4) is 0 Å². The standard InChI is InChI=1S/C33H28Cl2N4O4/c1-2-20-41-28-14-8-23(9-15-28)31-24(22-39(38-31)27-6-4-3-5-7-27)21-36-37-32(40)33(42-29-16-10-25(34)11-17-29)43-30-18-12-26(35)13-19-30/h3-19,21-22,33H,2,20H2,1H3,(H,37,40). The molecule has 0 aliphatic carbocycles. The van der Waals surface area contributed by atoms with E-state index in [0.29, 0.717) is 39.4 Å². The first-order chi connectivity index (χ1) is 21.0. The molecule has 1 heterocycles. The van der Waals surface area contributed by atoms with Crippen LogP contribution in [0.4, 0.5) is 0 Å². The van der Waals surface area contributed by atoms with E-state index < -0.39 is 12.2 Å². The molecule has 0 aliphatic rings. The number of aromatic nitrogens is 2. The molecule has 0 spiro atoms. The van der Waals surface area contributed by atoms with Gasteiger partial charge in [0.1, 0.15) is 22.9 Å². The highest BCUT2D eigenvalue weighted by Gasteiger charge is 2.23. The molecule has 5 aromatic rings. The van der Waals surface area contributed by atoms with Crippen molar-refractivity contribution >= 4 is 35.3 Å². The summed E-state index contributed by atoms with van der Waals surface area (Å²) < 4.78 is 19.2. The van der Waals surface area contributed by atoms with Gasteiger partial charge in [-0.1, -0.05) is 48.3 Å². The van der Waals surface area contributed by atoms with E-state index in [9.17, 15) is 4.79 Å². The molecule has 0 unspecified atom stereocenters. The van der Waals surface area contributed by atoms with Crippen molar-refractivity contribution < 1.29 is 19.0 Å². The van der Waals surface area contributed by atoms with Crippen LogP contribution in [0.25, 0.3) is 16.9 Å². The summed E-state index contributed by atoms with van der Waals surface area (Å²) in [6.45, 7) is 2.70. The number of hydrazone groups is 1. The molecule has 43 heavy (non-hydrogen) atoms. The van der Waals surface area contributed by atoms with Crippen LogP contribution >= 0.6 is 23.2 Å². The van der Waals surface area contributed by atoms with Gasteiger partial charge in [0, 0.05) is 27.4 Å². The third-order valence-corrected chi connectivity index (χ3v) is 6.57. The van der Waals surface area contributed by atoms with Gasteiger partial charge in [0.15, 0.2) is 0 Å². The van der Waals surface area contributed by atoms with Crippen molar-refractivity contribution in [1.29, 1.82) is 0 Å². The fraction of sp³-hybridized carbons (Fsp3) is 0.121. The van der Waals surface area contributed by atoms with Gasteiger partial charge < -0.3 is 14.2 Å². The minimum Gasteiger partial charge on any atom is -0.494 e. The van der Waals surface area contributed by atoms with Crippen LogP contribution in [0.2, 0.25) is 10.0 Å². The molecule has 0 saturated heterocycles. The third-order valence-electron chi connectivity index (χ3n) is 6.07. The van der Waals surface area contributed by atoms with E-state index in [2.05, 4.69) is 17.5 Å². The van der Waals surface area contributed by atoms with Gasteiger partial charge in [-0.05, 0) is 91.3 Å². The Kier molecular flexibility index (Phi) is 9.94. The van der Waals surface area contributed by atoms with Gasteiger partial charge in [0.2, 0.25) is 0 Å². The minimum atomic E-state index is -1.36. The van der Waals surface area contributed by atoms with Crippen molar-refractivity contribution in [2.75, 3.05) is 6.61 Å². The third kappa shape index (κ3) is 8.16. The van der Waals surface area contributed by atoms with Gasteiger partial charge in [-0.25, -0.2) is 10.1 Å². The Bertz CT molecular complexity index is 1610. The Hall–Kier alpha value is -4.79. The Labute approximate surface area is 259 Å². The van der Waals surface area contributed by atoms with Crippen molar-refractivity contribution in [3.8, 4) is 34.2 Å². The molecular weight excluding hydrogens is 587 g/mol. The van der Waals surface area contributed by atoms with Gasteiger partial charge in [0.25, 0.3) is 0 Å². The number of rotatable bonds is 12. The number of nitrogens with zero attached hydrogens (tertiary/aromatic N) is 3. The molecule has 1 N–H and O–H groups in total. The number of ether oxygens (including phenoxy) is 3. The fourth-order valence-corrected chi connectivity index (χ4v) is 4.22. The zero-order valence-electron chi connectivity index (χ0n) is 23.2. The normalized spacial score (nSPS) is 11.1. The fourth-order valence-electron chi connectivity index (χ4n) is 3.97. The van der Waals surface area contributed by atoms with Crippen molar-refractivity contribution in [1.82, 2.24) is 15.2 Å². The molecule has 0 atom stereocenters. The van der Waals surface area contributed by atoms with Gasteiger partial charge in [-0.15, -0.1) is 0 Å². The summed E-state index contributed by atoms with van der Waals surface area (Å²) in [5.41, 5.74) is 5.62. The van der Waals surface area contributed by atoms with Crippen LogP contribution in [0.5, 0.6) is 17.2 Å². The first-order valence-corrected chi connectivity index (χ1v) is 14.3. The van der Waals surface area contributed by atoms with Gasteiger partial charge in [0.05, 0.1) is 18.5 Å². The SMILES string of the molecule is CCCOc1ccc(-c2nn(-c3ccccc3)cc2C=NNC(=O)C(Oc2ccc(Cl)cc2)Oc2ccc(Cl)cc2)cc1. The number of nitrogens with one attached hydrogen (secondary N) is 1. The first kappa shape index (κ1) is 29.7. The molecule has 0 saturated carbocycles. The maximum atomic E-state index is 13.2. The molecule has 5 rings (SSSR count). The summed E-state index contributed by atoms with van der Waals surface area (Å²) in [7, 11) is 0. The zero-order chi connectivity index (χ0) is 30.0. The van der Waals surface area contributed by atoms with Crippen molar-refractivity contribution in [3.63, 3.8) is 0 Å². The molecular formula is C33H28Cl2N4O4. The summed E-state index contributed by atoms with van der Waals surface area (Å²) in [4.78, 5) is 13.2. The van der Waals surface area contributed by atoms with E-state index in [1.165, 1.54) is 6.21 Å². The average molecular weight is 616 g/mol. The highest BCUT2D eigenvalue weighted by Crippen LogP contribution is 2.25. The topological polar surface area (TPSA) is 87.0 Å². The van der Waals surface area contributed by atoms with E-state index in [1.807, 2.05) is 60.8 Å². The first-order valence-electron chi connectivity index (χ1n) is 13.5. The second kappa shape index (κ2) is 14.4. The number of hydrogen-bond acceptors (Lipinski definition) is 6. The van der Waals surface area contributed by atoms with E-state index in [-0.39, 0.29) is 0 Å². The van der Waals surface area contributed by atoms with Crippen LogP contribution in [0.1, 0.15) is 18.9 Å². The number of para-hydroxylation sites is 1. The lowest BCUT2D eigenvalue weighted by molar-refractivity contribution is -0.140. The van der Waals surface area contributed by atoms with E-state index in [1.54, 1.807) is 53.2 Å². The van der Waals surface area contributed by atoms with Crippen LogP contribution in [0, 0.1) is 0 Å². The lowest BCUT2D eigenvalue weighted by Gasteiger charge is -2.19. The smallest absolute Gasteiger partial charge is 0.323 e. The maximum absolute atomic E-state index is 13.2. The minimum absolute atomic E-state index is 0.389. The number of amides is 1. The monoisotopic (exact) mass is 614 g/mol. The van der Waals surface area contributed by atoms with Crippen molar-refractivity contribution in [2.45, 2.75) is 19.6 Å². The number of carbonyl (C=O) groups is 1. The van der Waals surface area contributed by atoms with Crippen LogP contribution in [-0.2, 0) is 4.79 Å². The number of hydrogen-bond donors (Lipinski definition) is 1. The molecule has 8 nitrogen and oxygen atoms in total. The van der Waals surface area contributed by atoms with Crippen LogP contribution < -0.4 is 19.6 Å². The summed E-state index contributed by atoms with van der Waals surface area (Å²) in [5.74, 6) is 0.930. The Balaban J connectivity index is 1.38. The number of benzene rings is 4. The molecule has 0 aliphatic heterocycles. The Morgan fingerprint density at radius 1 is 0.860 bits per heavy atom. The van der Waals surface area contributed by atoms with E-state index in [0.717, 1.165) is 23.4 Å². The van der Waals surface area contributed by atoms with E-state index in [4.69, 9.17) is 42.5 Å². The lowest BCUT2D eigenvalue weighted by atomic mass is 10.1. The molecule has 0 radical (unpaired) electrons. The average Bonchev–Trinajstić information content (AvgIpc) is 3.46. The number of carbonyl (C=O) groups excluding carboxylic acids is 1. The van der Waals surface area contributed by atoms with Crippen molar-refractivity contribution in [2.24, 2.45) is 5.10 Å². The molecule has 1 aromatic heterocycles. The maximum Gasteiger partial charge on any atom is 0.323 e. The molecule has 4 aromatic carbocycles. The highest BCUT2D eigenvalue weighted by molar-refractivity contribution is 6.30. The van der Waals surface area contributed by atoms with Crippen molar-refractivity contribution in [3.05, 3.63) is 125 Å². The summed E-state index contributed by atoms with van der Waals surface area (Å²) in [6.07, 6.45) is 2.93. The zero-order valence-corrected chi connectivity index (χ0v) is 24.7. The second-order valence-corrected chi connectivity index (χ2v) is 10.2. The Morgan fingerprint density at radius 3 is 2.02 bits per heavy atom. The summed E-state index contributed by atoms with van der Waals surface area (Å²) >= 11 is 12.0. The van der Waals surface area contributed by atoms with Gasteiger partial charge >= 0.3 is 12.2 Å². The largest absolute Gasteiger partial charge is 0.494 e. The van der Waals surface area contributed by atoms with Gasteiger partial charge in [-0.3, -0.25) is 4.79 Å².